The van der Waals surface area contributed by atoms with Crippen molar-refractivity contribution >= 4 is 28.4 Å². The number of nitrogens with zero attached hydrogens (tertiary/aromatic N) is 3. The van der Waals surface area contributed by atoms with Gasteiger partial charge in [-0.05, 0) is 55.5 Å². The molecule has 3 aromatic heterocycles. The van der Waals surface area contributed by atoms with Crippen LogP contribution in [0.2, 0.25) is 0 Å². The number of benzene rings is 1. The van der Waals surface area contributed by atoms with Crippen LogP contribution in [0.1, 0.15) is 29.8 Å². The average Bonchev–Trinajstić information content (AvgIpc) is 3.51. The third-order valence-electron chi connectivity index (χ3n) is 6.67. The maximum Gasteiger partial charge on any atom is 0.273 e. The fourth-order valence-electron chi connectivity index (χ4n) is 4.93. The van der Waals surface area contributed by atoms with Gasteiger partial charge in [-0.3, -0.25) is 15.6 Å². The Morgan fingerprint density at radius 3 is 2.88 bits per heavy atom. The fourth-order valence-corrected chi connectivity index (χ4v) is 4.93. The molecule has 1 aromatic carbocycles. The van der Waals surface area contributed by atoms with Crippen LogP contribution in [0.25, 0.3) is 22.3 Å². The van der Waals surface area contributed by atoms with Crippen LogP contribution >= 0.6 is 0 Å². The number of rotatable bonds is 5. The van der Waals surface area contributed by atoms with Crippen LogP contribution in [-0.4, -0.2) is 44.5 Å². The topological polar surface area (TPSA) is 120 Å². The van der Waals surface area contributed by atoms with Gasteiger partial charge in [0.15, 0.2) is 5.82 Å². The van der Waals surface area contributed by atoms with Gasteiger partial charge in [-0.2, -0.15) is 0 Å². The van der Waals surface area contributed by atoms with Crippen molar-refractivity contribution in [3.63, 3.8) is 0 Å². The number of aromatic nitrogens is 4. The lowest BCUT2D eigenvalue weighted by Crippen LogP contribution is -2.39. The van der Waals surface area contributed by atoms with Crippen molar-refractivity contribution in [3.05, 3.63) is 66.6 Å². The zero-order valence-electron chi connectivity index (χ0n) is 18.6. The average molecular weight is 455 g/mol. The first-order valence-corrected chi connectivity index (χ1v) is 11.6. The maximum absolute atomic E-state index is 12.6. The van der Waals surface area contributed by atoms with E-state index in [-0.39, 0.29) is 5.91 Å². The van der Waals surface area contributed by atoms with Crippen molar-refractivity contribution in [1.82, 2.24) is 30.8 Å². The molecule has 2 aliphatic rings. The Morgan fingerprint density at radius 2 is 1.97 bits per heavy atom. The summed E-state index contributed by atoms with van der Waals surface area (Å²) >= 11 is 0. The van der Waals surface area contributed by atoms with Gasteiger partial charge in [-0.1, -0.05) is 18.2 Å². The summed E-state index contributed by atoms with van der Waals surface area (Å²) in [7, 11) is 0. The third-order valence-corrected chi connectivity index (χ3v) is 6.67. The fraction of sp³-hybridized carbons (Fsp3) is 0.280. The van der Waals surface area contributed by atoms with Crippen LogP contribution < -0.4 is 21.5 Å². The highest BCUT2D eigenvalue weighted by molar-refractivity contribution is 6.05. The monoisotopic (exact) mass is 454 g/mol. The smallest absolute Gasteiger partial charge is 0.273 e. The van der Waals surface area contributed by atoms with Crippen LogP contribution in [0.4, 0.5) is 11.6 Å². The lowest BCUT2D eigenvalue weighted by molar-refractivity contribution is 0.102. The molecule has 1 aliphatic carbocycles. The highest BCUT2D eigenvalue weighted by Crippen LogP contribution is 2.29. The third kappa shape index (κ3) is 4.23. The van der Waals surface area contributed by atoms with Crippen molar-refractivity contribution in [2.45, 2.75) is 31.3 Å². The van der Waals surface area contributed by atoms with E-state index < -0.39 is 0 Å². The number of carbonyl (C=O) groups is 1. The second-order valence-corrected chi connectivity index (χ2v) is 8.97. The minimum Gasteiger partial charge on any atom is -0.367 e. The second kappa shape index (κ2) is 8.85. The molecule has 0 spiro atoms. The van der Waals surface area contributed by atoms with Gasteiger partial charge in [0.05, 0.1) is 0 Å². The van der Waals surface area contributed by atoms with Crippen molar-refractivity contribution in [3.8, 4) is 11.4 Å². The normalized spacial score (nSPS) is 21.8. The molecule has 3 unspecified atom stereocenters. The van der Waals surface area contributed by atoms with Gasteiger partial charge in [0.2, 0.25) is 0 Å². The SMILES string of the molecule is O=C(Nc1ccccn1)c1cc2ccc(-c3nccc(NC4CCC5NNCC5C4)n3)cc2[nH]1. The number of nitrogens with one attached hydrogen (secondary N) is 5. The highest BCUT2D eigenvalue weighted by atomic mass is 16.1. The molecular weight excluding hydrogens is 428 g/mol. The van der Waals surface area contributed by atoms with Crippen molar-refractivity contribution in [2.75, 3.05) is 17.2 Å². The van der Waals surface area contributed by atoms with Gasteiger partial charge in [-0.15, -0.1) is 0 Å². The van der Waals surface area contributed by atoms with Crippen molar-refractivity contribution in [2.24, 2.45) is 5.92 Å². The molecule has 34 heavy (non-hydrogen) atoms. The number of anilines is 2. The molecule has 1 amide bonds. The Kier molecular flexibility index (Phi) is 5.40. The van der Waals surface area contributed by atoms with Crippen LogP contribution in [0.15, 0.2) is 60.9 Å². The molecule has 0 bridgehead atoms. The van der Waals surface area contributed by atoms with Crippen molar-refractivity contribution in [1.29, 1.82) is 0 Å². The molecule has 1 saturated heterocycles. The zero-order valence-corrected chi connectivity index (χ0v) is 18.6. The summed E-state index contributed by atoms with van der Waals surface area (Å²) in [5.41, 5.74) is 8.87. The van der Waals surface area contributed by atoms with E-state index in [4.69, 9.17) is 4.98 Å². The minimum absolute atomic E-state index is 0.235. The van der Waals surface area contributed by atoms with Gasteiger partial charge < -0.3 is 15.6 Å². The Bertz CT molecular complexity index is 1320. The molecule has 4 heterocycles. The van der Waals surface area contributed by atoms with Crippen LogP contribution in [0.5, 0.6) is 0 Å². The van der Waals surface area contributed by atoms with Crippen molar-refractivity contribution < 1.29 is 4.79 Å². The number of pyridine rings is 1. The first-order chi connectivity index (χ1) is 16.7. The second-order valence-electron chi connectivity index (χ2n) is 8.97. The first-order valence-electron chi connectivity index (χ1n) is 11.6. The number of H-pyrrole nitrogens is 1. The molecule has 1 saturated carbocycles. The number of hydrazine groups is 1. The molecule has 1 aliphatic heterocycles. The summed E-state index contributed by atoms with van der Waals surface area (Å²) in [5, 5.41) is 7.36. The van der Waals surface area contributed by atoms with Gasteiger partial charge in [0.1, 0.15) is 17.3 Å². The van der Waals surface area contributed by atoms with Gasteiger partial charge >= 0.3 is 0 Å². The number of fused-ring (bicyclic) bond motifs is 2. The van der Waals surface area contributed by atoms with E-state index in [1.807, 2.05) is 42.5 Å². The van der Waals surface area contributed by atoms with E-state index in [0.717, 1.165) is 48.1 Å². The van der Waals surface area contributed by atoms with E-state index in [0.29, 0.717) is 35.3 Å². The van der Waals surface area contributed by atoms with Gasteiger partial charge in [0.25, 0.3) is 5.91 Å². The quantitative estimate of drug-likeness (QED) is 0.314. The molecule has 0 radical (unpaired) electrons. The molecule has 172 valence electrons. The maximum atomic E-state index is 12.6. The number of hydrogen-bond donors (Lipinski definition) is 5. The number of aromatic amines is 1. The largest absolute Gasteiger partial charge is 0.367 e. The molecule has 6 rings (SSSR count). The molecular formula is C25H26N8O. The standard InChI is InChI=1S/C25H26N8O/c34-25(32-22-3-1-2-9-26-22)21-12-15-4-5-16(13-20(15)30-21)24-27-10-8-23(31-24)29-18-6-7-19-17(11-18)14-28-33-19/h1-5,8-10,12-13,17-19,28,30,33H,6-7,11,14H2,(H,26,32,34)(H,27,29,31). The zero-order chi connectivity index (χ0) is 22.9. The number of hydrogen-bond acceptors (Lipinski definition) is 7. The number of amides is 1. The lowest BCUT2D eigenvalue weighted by Gasteiger charge is -2.31. The van der Waals surface area contributed by atoms with E-state index in [1.165, 1.54) is 0 Å². The van der Waals surface area contributed by atoms with Crippen LogP contribution in [0, 0.1) is 5.92 Å². The first kappa shape index (κ1) is 20.8. The highest BCUT2D eigenvalue weighted by Gasteiger charge is 2.33. The summed E-state index contributed by atoms with van der Waals surface area (Å²) in [6.45, 7) is 1.02. The predicted molar refractivity (Wildman–Crippen MR) is 131 cm³/mol. The Hall–Kier alpha value is -3.82. The summed E-state index contributed by atoms with van der Waals surface area (Å²) in [4.78, 5) is 29.2. The Morgan fingerprint density at radius 1 is 1.00 bits per heavy atom. The lowest BCUT2D eigenvalue weighted by atomic mass is 9.83. The Balaban J connectivity index is 1.19. The molecule has 4 aromatic rings. The molecule has 2 fully saturated rings. The molecule has 9 heteroatoms. The van der Waals surface area contributed by atoms with E-state index >= 15 is 0 Å². The number of carbonyl (C=O) groups excluding carboxylic acids is 1. The van der Waals surface area contributed by atoms with Crippen LogP contribution in [-0.2, 0) is 0 Å². The minimum atomic E-state index is -0.235. The summed E-state index contributed by atoms with van der Waals surface area (Å²) in [6, 6.07) is 16.1. The summed E-state index contributed by atoms with van der Waals surface area (Å²) < 4.78 is 0. The summed E-state index contributed by atoms with van der Waals surface area (Å²) in [6.07, 6.45) is 6.84. The van der Waals surface area contributed by atoms with Crippen LogP contribution in [0.3, 0.4) is 0 Å². The summed E-state index contributed by atoms with van der Waals surface area (Å²) in [5.74, 6) is 2.43. The molecule has 9 nitrogen and oxygen atoms in total. The molecule has 5 N–H and O–H groups in total. The van der Waals surface area contributed by atoms with E-state index in [1.54, 1.807) is 18.5 Å². The van der Waals surface area contributed by atoms with Gasteiger partial charge in [-0.25, -0.2) is 15.0 Å². The predicted octanol–water partition coefficient (Wildman–Crippen LogP) is 3.33. The van der Waals surface area contributed by atoms with E-state index in [9.17, 15) is 4.79 Å². The Labute approximate surface area is 196 Å². The van der Waals surface area contributed by atoms with E-state index in [2.05, 4.69) is 36.4 Å². The van der Waals surface area contributed by atoms with Gasteiger partial charge in [0, 0.05) is 47.5 Å². The molecule has 3 atom stereocenters.